The van der Waals surface area contributed by atoms with Crippen molar-refractivity contribution in [3.8, 4) is 11.5 Å². The Hall–Kier alpha value is -2.87. The summed E-state index contributed by atoms with van der Waals surface area (Å²) in [5, 5.41) is 16.0. The lowest BCUT2D eigenvalue weighted by Crippen LogP contribution is -2.32. The van der Waals surface area contributed by atoms with E-state index in [0.717, 1.165) is 11.1 Å². The number of aromatic hydroxyl groups is 1. The Kier molecular flexibility index (Phi) is 6.35. The second kappa shape index (κ2) is 8.48. The molecule has 2 aromatic carbocycles. The number of hydrazone groups is 1. The third kappa shape index (κ3) is 4.82. The molecule has 0 aliphatic heterocycles. The Morgan fingerprint density at radius 2 is 1.92 bits per heavy atom. The first-order valence-corrected chi connectivity index (χ1v) is 8.39. The number of methoxy groups -OCH3 is 1. The first-order chi connectivity index (χ1) is 12.3. The Morgan fingerprint density at radius 1 is 1.19 bits per heavy atom. The van der Waals surface area contributed by atoms with E-state index < -0.39 is 11.8 Å². The molecule has 0 radical (unpaired) electrons. The zero-order valence-electron chi connectivity index (χ0n) is 14.5. The first kappa shape index (κ1) is 19.5. The predicted octanol–water partition coefficient (Wildman–Crippen LogP) is 2.87. The van der Waals surface area contributed by atoms with E-state index in [4.69, 9.17) is 4.74 Å². The van der Waals surface area contributed by atoms with Gasteiger partial charge in [0.05, 0.1) is 17.8 Å². The molecular weight excluding hydrogens is 402 g/mol. The first-order valence-electron chi connectivity index (χ1n) is 7.60. The van der Waals surface area contributed by atoms with Crippen molar-refractivity contribution >= 4 is 39.6 Å². The minimum atomic E-state index is -0.896. The number of benzene rings is 2. The third-order valence-corrected chi connectivity index (χ3v) is 4.10. The quantitative estimate of drug-likeness (QED) is 0.402. The summed E-state index contributed by atoms with van der Waals surface area (Å²) in [4.78, 5) is 23.8. The maximum absolute atomic E-state index is 12.0. The summed E-state index contributed by atoms with van der Waals surface area (Å²) >= 11 is 3.19. The standard InChI is InChI=1S/C18H18BrN3O4/c1-10-4-5-11(2)14(6-10)21-17(24)18(25)22-20-9-12-7-13(19)16(23)15(8-12)26-3/h4-9,23H,1-3H3,(H,21,24)(H,22,25)/b20-9+. The SMILES string of the molecule is COc1cc(/C=N/NC(=O)C(=O)Nc2cc(C)ccc2C)cc(Br)c1O. The summed E-state index contributed by atoms with van der Waals surface area (Å²) in [7, 11) is 1.42. The Morgan fingerprint density at radius 3 is 2.62 bits per heavy atom. The number of phenols is 1. The summed E-state index contributed by atoms with van der Waals surface area (Å²) in [6.45, 7) is 3.73. The summed E-state index contributed by atoms with van der Waals surface area (Å²) in [5.41, 5.74) is 5.10. The van der Waals surface area contributed by atoms with Crippen LogP contribution in [0, 0.1) is 13.8 Å². The van der Waals surface area contributed by atoms with Gasteiger partial charge in [-0.15, -0.1) is 0 Å². The number of ether oxygens (including phenoxy) is 1. The topological polar surface area (TPSA) is 100 Å². The number of aryl methyl sites for hydroxylation is 2. The van der Waals surface area contributed by atoms with Gasteiger partial charge in [0.1, 0.15) is 0 Å². The second-order valence-corrected chi connectivity index (χ2v) is 6.38. The van der Waals surface area contributed by atoms with Gasteiger partial charge in [-0.1, -0.05) is 12.1 Å². The molecule has 0 saturated heterocycles. The van der Waals surface area contributed by atoms with Gasteiger partial charge in [0.15, 0.2) is 11.5 Å². The van der Waals surface area contributed by atoms with Gasteiger partial charge in [-0.05, 0) is 64.7 Å². The van der Waals surface area contributed by atoms with E-state index in [1.54, 1.807) is 12.1 Å². The van der Waals surface area contributed by atoms with Crippen molar-refractivity contribution in [2.24, 2.45) is 5.10 Å². The highest BCUT2D eigenvalue weighted by molar-refractivity contribution is 9.10. The van der Waals surface area contributed by atoms with E-state index in [9.17, 15) is 14.7 Å². The monoisotopic (exact) mass is 419 g/mol. The highest BCUT2D eigenvalue weighted by Gasteiger charge is 2.14. The van der Waals surface area contributed by atoms with Gasteiger partial charge in [-0.25, -0.2) is 5.43 Å². The molecule has 0 heterocycles. The van der Waals surface area contributed by atoms with Crippen LogP contribution in [0.2, 0.25) is 0 Å². The number of nitrogens with one attached hydrogen (secondary N) is 2. The number of halogens is 1. The Balaban J connectivity index is 2.01. The lowest BCUT2D eigenvalue weighted by Gasteiger charge is -2.08. The number of hydrogen-bond acceptors (Lipinski definition) is 5. The number of nitrogens with zero attached hydrogens (tertiary/aromatic N) is 1. The van der Waals surface area contributed by atoms with E-state index in [1.165, 1.54) is 19.4 Å². The summed E-state index contributed by atoms with van der Waals surface area (Å²) in [6.07, 6.45) is 1.33. The fourth-order valence-corrected chi connectivity index (χ4v) is 2.55. The van der Waals surface area contributed by atoms with Crippen molar-refractivity contribution in [2.45, 2.75) is 13.8 Å². The van der Waals surface area contributed by atoms with Crippen LogP contribution in [-0.4, -0.2) is 30.2 Å². The van der Waals surface area contributed by atoms with Gasteiger partial charge >= 0.3 is 11.8 Å². The molecule has 26 heavy (non-hydrogen) atoms. The fraction of sp³-hybridized carbons (Fsp3) is 0.167. The van der Waals surface area contributed by atoms with Crippen LogP contribution in [0.15, 0.2) is 39.9 Å². The molecule has 0 aromatic heterocycles. The molecule has 0 unspecified atom stereocenters. The van der Waals surface area contributed by atoms with Gasteiger partial charge in [0.2, 0.25) is 0 Å². The van der Waals surface area contributed by atoms with Crippen LogP contribution in [-0.2, 0) is 9.59 Å². The van der Waals surface area contributed by atoms with Gasteiger partial charge in [-0.2, -0.15) is 5.10 Å². The smallest absolute Gasteiger partial charge is 0.329 e. The molecular formula is C18H18BrN3O4. The number of anilines is 1. The van der Waals surface area contributed by atoms with Crippen molar-refractivity contribution in [1.29, 1.82) is 0 Å². The van der Waals surface area contributed by atoms with Gasteiger partial charge < -0.3 is 15.2 Å². The second-order valence-electron chi connectivity index (χ2n) is 5.53. The van der Waals surface area contributed by atoms with Gasteiger partial charge in [0, 0.05) is 5.69 Å². The molecule has 0 atom stereocenters. The van der Waals surface area contributed by atoms with Crippen LogP contribution in [0.4, 0.5) is 5.69 Å². The number of rotatable bonds is 4. The van der Waals surface area contributed by atoms with Crippen molar-refractivity contribution in [3.05, 3.63) is 51.5 Å². The van der Waals surface area contributed by atoms with E-state index >= 15 is 0 Å². The highest BCUT2D eigenvalue weighted by atomic mass is 79.9. The highest BCUT2D eigenvalue weighted by Crippen LogP contribution is 2.34. The van der Waals surface area contributed by atoms with Crippen LogP contribution >= 0.6 is 15.9 Å². The molecule has 0 spiro atoms. The van der Waals surface area contributed by atoms with Crippen LogP contribution in [0.1, 0.15) is 16.7 Å². The lowest BCUT2D eigenvalue weighted by atomic mass is 10.1. The number of hydrogen-bond donors (Lipinski definition) is 3. The van der Waals surface area contributed by atoms with E-state index in [1.807, 2.05) is 26.0 Å². The van der Waals surface area contributed by atoms with E-state index in [0.29, 0.717) is 15.7 Å². The fourth-order valence-electron chi connectivity index (χ4n) is 2.09. The molecule has 0 bridgehead atoms. The van der Waals surface area contributed by atoms with E-state index in [2.05, 4.69) is 31.8 Å². The van der Waals surface area contributed by atoms with Crippen LogP contribution < -0.4 is 15.5 Å². The molecule has 0 aliphatic rings. The predicted molar refractivity (Wildman–Crippen MR) is 103 cm³/mol. The summed E-state index contributed by atoms with van der Waals surface area (Å²) < 4.78 is 5.44. The summed E-state index contributed by atoms with van der Waals surface area (Å²) in [6, 6.07) is 8.68. The Bertz CT molecular complexity index is 881. The molecule has 8 heteroatoms. The maximum Gasteiger partial charge on any atom is 0.329 e. The average Bonchev–Trinajstić information content (AvgIpc) is 2.60. The average molecular weight is 420 g/mol. The number of phenolic OH excluding ortho intramolecular Hbond substituents is 1. The number of amides is 2. The molecule has 3 N–H and O–H groups in total. The molecule has 0 saturated carbocycles. The van der Waals surface area contributed by atoms with Crippen LogP contribution in [0.5, 0.6) is 11.5 Å². The van der Waals surface area contributed by atoms with Crippen LogP contribution in [0.3, 0.4) is 0 Å². The van der Waals surface area contributed by atoms with Gasteiger partial charge in [0.25, 0.3) is 0 Å². The zero-order valence-corrected chi connectivity index (χ0v) is 16.0. The Labute approximate surface area is 159 Å². The molecule has 0 fully saturated rings. The van der Waals surface area contributed by atoms with Crippen molar-refractivity contribution in [3.63, 3.8) is 0 Å². The number of carbonyl (C=O) groups excluding carboxylic acids is 2. The molecule has 136 valence electrons. The van der Waals surface area contributed by atoms with E-state index in [-0.39, 0.29) is 11.5 Å². The molecule has 2 amide bonds. The molecule has 7 nitrogen and oxygen atoms in total. The van der Waals surface area contributed by atoms with Crippen molar-refractivity contribution in [2.75, 3.05) is 12.4 Å². The summed E-state index contributed by atoms with van der Waals surface area (Å²) in [5.74, 6) is -1.51. The lowest BCUT2D eigenvalue weighted by molar-refractivity contribution is -0.136. The molecule has 2 rings (SSSR count). The molecule has 0 aliphatic carbocycles. The zero-order chi connectivity index (χ0) is 19.3. The normalized spacial score (nSPS) is 10.6. The minimum absolute atomic E-state index is 0.0402. The van der Waals surface area contributed by atoms with Crippen LogP contribution in [0.25, 0.3) is 0 Å². The van der Waals surface area contributed by atoms with Gasteiger partial charge in [-0.3, -0.25) is 9.59 Å². The minimum Gasteiger partial charge on any atom is -0.503 e. The van der Waals surface area contributed by atoms with Crippen molar-refractivity contribution < 1.29 is 19.4 Å². The third-order valence-electron chi connectivity index (χ3n) is 3.50. The molecule has 2 aromatic rings. The number of carbonyl (C=O) groups is 2. The largest absolute Gasteiger partial charge is 0.503 e. The maximum atomic E-state index is 12.0. The van der Waals surface area contributed by atoms with Crippen molar-refractivity contribution in [1.82, 2.24) is 5.43 Å².